The topological polar surface area (TPSA) is 32.3 Å². The molecular formula is C11H13FN2O. The summed E-state index contributed by atoms with van der Waals surface area (Å²) in [4.78, 5) is 13.2. The number of aryl methyl sites for hydroxylation is 1. The van der Waals surface area contributed by atoms with Crippen molar-refractivity contribution in [1.29, 1.82) is 0 Å². The average Bonchev–Trinajstić information content (AvgIpc) is 2.23. The van der Waals surface area contributed by atoms with Crippen LogP contribution in [0.3, 0.4) is 0 Å². The Balaban J connectivity index is 2.28. The minimum atomic E-state index is -0.235. The lowest BCUT2D eigenvalue weighted by molar-refractivity contribution is -0.118. The lowest BCUT2D eigenvalue weighted by atomic mass is 10.2. The van der Waals surface area contributed by atoms with Crippen LogP contribution >= 0.6 is 0 Å². The molecule has 1 amide bonds. The van der Waals surface area contributed by atoms with E-state index in [-0.39, 0.29) is 11.7 Å². The molecule has 1 saturated heterocycles. The molecule has 0 aliphatic carbocycles. The largest absolute Gasteiger partial charge is 0.310 e. The normalized spacial score (nSPS) is 16.9. The molecule has 0 radical (unpaired) electrons. The standard InChI is InChI=1S/C11H13FN2O/c1-8-6-9(2-3-10(8)12)14-5-4-13-7-11(14)15/h2-3,6,13H,4-5,7H2,1H3. The molecule has 0 spiro atoms. The number of benzene rings is 1. The Labute approximate surface area is 87.9 Å². The monoisotopic (exact) mass is 208 g/mol. The van der Waals surface area contributed by atoms with Crippen LogP contribution in [0.4, 0.5) is 10.1 Å². The number of amides is 1. The fourth-order valence-corrected chi connectivity index (χ4v) is 1.68. The molecule has 15 heavy (non-hydrogen) atoms. The van der Waals surface area contributed by atoms with Gasteiger partial charge in [0.05, 0.1) is 6.54 Å². The average molecular weight is 208 g/mol. The van der Waals surface area contributed by atoms with Gasteiger partial charge in [0.2, 0.25) is 5.91 Å². The second-order valence-electron chi connectivity index (χ2n) is 3.66. The molecule has 0 saturated carbocycles. The second-order valence-corrected chi connectivity index (χ2v) is 3.66. The molecule has 0 atom stereocenters. The van der Waals surface area contributed by atoms with Gasteiger partial charge >= 0.3 is 0 Å². The van der Waals surface area contributed by atoms with Crippen molar-refractivity contribution in [3.63, 3.8) is 0 Å². The van der Waals surface area contributed by atoms with Gasteiger partial charge in [-0.2, -0.15) is 0 Å². The SMILES string of the molecule is Cc1cc(N2CCNCC2=O)ccc1F. The number of rotatable bonds is 1. The van der Waals surface area contributed by atoms with Gasteiger partial charge in [-0.1, -0.05) is 0 Å². The van der Waals surface area contributed by atoms with E-state index in [1.165, 1.54) is 6.07 Å². The number of carbonyl (C=O) groups excluding carboxylic acids is 1. The number of nitrogens with zero attached hydrogens (tertiary/aromatic N) is 1. The summed E-state index contributed by atoms with van der Waals surface area (Å²) in [5.41, 5.74) is 1.35. The molecule has 1 aromatic rings. The van der Waals surface area contributed by atoms with Crippen LogP contribution in [-0.2, 0) is 4.79 Å². The molecule has 1 aromatic carbocycles. The fourth-order valence-electron chi connectivity index (χ4n) is 1.68. The lowest BCUT2D eigenvalue weighted by Gasteiger charge is -2.27. The molecule has 0 aromatic heterocycles. The Morgan fingerprint density at radius 1 is 1.47 bits per heavy atom. The number of hydrogen-bond acceptors (Lipinski definition) is 2. The summed E-state index contributed by atoms with van der Waals surface area (Å²) in [6.45, 7) is 3.48. The Bertz CT molecular complexity index is 392. The Morgan fingerprint density at radius 3 is 2.93 bits per heavy atom. The maximum Gasteiger partial charge on any atom is 0.240 e. The van der Waals surface area contributed by atoms with Crippen LogP contribution in [0.15, 0.2) is 18.2 Å². The van der Waals surface area contributed by atoms with Crippen LogP contribution in [0, 0.1) is 12.7 Å². The van der Waals surface area contributed by atoms with Crippen molar-refractivity contribution in [2.75, 3.05) is 24.5 Å². The number of hydrogen-bond donors (Lipinski definition) is 1. The highest BCUT2D eigenvalue weighted by molar-refractivity contribution is 5.95. The van der Waals surface area contributed by atoms with Gasteiger partial charge in [-0.3, -0.25) is 4.79 Å². The highest BCUT2D eigenvalue weighted by atomic mass is 19.1. The lowest BCUT2D eigenvalue weighted by Crippen LogP contribution is -2.48. The van der Waals surface area contributed by atoms with Crippen molar-refractivity contribution < 1.29 is 9.18 Å². The first-order chi connectivity index (χ1) is 7.18. The molecule has 1 N–H and O–H groups in total. The first kappa shape index (κ1) is 10.1. The van der Waals surface area contributed by atoms with Gasteiger partial charge in [-0.25, -0.2) is 4.39 Å². The van der Waals surface area contributed by atoms with Crippen molar-refractivity contribution in [2.24, 2.45) is 0 Å². The maximum absolute atomic E-state index is 13.0. The van der Waals surface area contributed by atoms with E-state index < -0.39 is 0 Å². The molecule has 1 heterocycles. The van der Waals surface area contributed by atoms with E-state index in [1.54, 1.807) is 24.0 Å². The third-order valence-corrected chi connectivity index (χ3v) is 2.54. The summed E-state index contributed by atoms with van der Waals surface area (Å²) in [6, 6.07) is 4.75. The van der Waals surface area contributed by atoms with E-state index in [1.807, 2.05) is 0 Å². The first-order valence-electron chi connectivity index (χ1n) is 4.96. The number of carbonyl (C=O) groups is 1. The number of piperazine rings is 1. The van der Waals surface area contributed by atoms with Crippen molar-refractivity contribution in [2.45, 2.75) is 6.92 Å². The molecule has 2 rings (SSSR count). The number of nitrogens with one attached hydrogen (secondary N) is 1. The molecule has 1 aliphatic heterocycles. The van der Waals surface area contributed by atoms with Crippen LogP contribution in [0.5, 0.6) is 0 Å². The third-order valence-electron chi connectivity index (χ3n) is 2.54. The molecular weight excluding hydrogens is 195 g/mol. The Morgan fingerprint density at radius 2 is 2.27 bits per heavy atom. The summed E-state index contributed by atoms with van der Waals surface area (Å²) in [5, 5.41) is 2.99. The van der Waals surface area contributed by atoms with Gasteiger partial charge in [0.15, 0.2) is 0 Å². The molecule has 80 valence electrons. The van der Waals surface area contributed by atoms with Gasteiger partial charge in [-0.05, 0) is 30.7 Å². The van der Waals surface area contributed by atoms with Crippen LogP contribution < -0.4 is 10.2 Å². The van der Waals surface area contributed by atoms with E-state index in [9.17, 15) is 9.18 Å². The maximum atomic E-state index is 13.0. The summed E-state index contributed by atoms with van der Waals surface area (Å²) in [6.07, 6.45) is 0. The van der Waals surface area contributed by atoms with Gasteiger partial charge in [0.1, 0.15) is 5.82 Å². The zero-order chi connectivity index (χ0) is 10.8. The molecule has 1 fully saturated rings. The van der Waals surface area contributed by atoms with Crippen molar-refractivity contribution in [3.8, 4) is 0 Å². The zero-order valence-electron chi connectivity index (χ0n) is 8.59. The van der Waals surface area contributed by atoms with Crippen molar-refractivity contribution in [1.82, 2.24) is 5.32 Å². The summed E-state index contributed by atoms with van der Waals surface area (Å²) in [7, 11) is 0. The molecule has 4 heteroatoms. The number of anilines is 1. The zero-order valence-corrected chi connectivity index (χ0v) is 8.59. The molecule has 0 unspecified atom stereocenters. The highest BCUT2D eigenvalue weighted by Crippen LogP contribution is 2.19. The predicted octanol–water partition coefficient (Wildman–Crippen LogP) is 1.07. The van der Waals surface area contributed by atoms with Crippen LogP contribution in [0.25, 0.3) is 0 Å². The van der Waals surface area contributed by atoms with Crippen LogP contribution in [-0.4, -0.2) is 25.5 Å². The Kier molecular flexibility index (Phi) is 2.68. The number of halogens is 1. The molecule has 0 bridgehead atoms. The van der Waals surface area contributed by atoms with Gasteiger partial charge in [0, 0.05) is 18.8 Å². The summed E-state index contributed by atoms with van der Waals surface area (Å²) in [5.74, 6) is -0.200. The first-order valence-corrected chi connectivity index (χ1v) is 4.96. The van der Waals surface area contributed by atoms with E-state index in [2.05, 4.69) is 5.32 Å². The van der Waals surface area contributed by atoms with Gasteiger partial charge < -0.3 is 10.2 Å². The van der Waals surface area contributed by atoms with Crippen molar-refractivity contribution >= 4 is 11.6 Å². The minimum absolute atomic E-state index is 0.0345. The third kappa shape index (κ3) is 1.99. The fraction of sp³-hybridized carbons (Fsp3) is 0.364. The van der Waals surface area contributed by atoms with Crippen molar-refractivity contribution in [3.05, 3.63) is 29.6 Å². The van der Waals surface area contributed by atoms with E-state index in [4.69, 9.17) is 0 Å². The molecule has 3 nitrogen and oxygen atoms in total. The smallest absolute Gasteiger partial charge is 0.240 e. The van der Waals surface area contributed by atoms with Crippen LogP contribution in [0.2, 0.25) is 0 Å². The summed E-state index contributed by atoms with van der Waals surface area (Å²) < 4.78 is 13.0. The van der Waals surface area contributed by atoms with Gasteiger partial charge in [-0.15, -0.1) is 0 Å². The highest BCUT2D eigenvalue weighted by Gasteiger charge is 2.19. The van der Waals surface area contributed by atoms with Gasteiger partial charge in [0.25, 0.3) is 0 Å². The quantitative estimate of drug-likeness (QED) is 0.748. The predicted molar refractivity (Wildman–Crippen MR) is 56.4 cm³/mol. The van der Waals surface area contributed by atoms with E-state index >= 15 is 0 Å². The molecule has 1 aliphatic rings. The van der Waals surface area contributed by atoms with E-state index in [0.717, 1.165) is 12.2 Å². The minimum Gasteiger partial charge on any atom is -0.310 e. The Hall–Kier alpha value is -1.42. The van der Waals surface area contributed by atoms with E-state index in [0.29, 0.717) is 18.7 Å². The summed E-state index contributed by atoms with van der Waals surface area (Å²) >= 11 is 0. The second kappa shape index (κ2) is 3.98. The van der Waals surface area contributed by atoms with Crippen LogP contribution in [0.1, 0.15) is 5.56 Å².